The summed E-state index contributed by atoms with van der Waals surface area (Å²) in [5.74, 6) is 1.14. The highest BCUT2D eigenvalue weighted by atomic mass is 16.5. The second-order valence-corrected chi connectivity index (χ2v) is 10.7. The highest BCUT2D eigenvalue weighted by Crippen LogP contribution is 2.43. The van der Waals surface area contributed by atoms with Gasteiger partial charge in [-0.3, -0.25) is 9.36 Å². The van der Waals surface area contributed by atoms with E-state index < -0.39 is 0 Å². The van der Waals surface area contributed by atoms with Gasteiger partial charge in [0.05, 0.1) is 25.3 Å². The molecule has 1 saturated heterocycles. The number of likely N-dealkylation sites (tertiary alicyclic amines) is 1. The largest absolute Gasteiger partial charge is 0.493 e. The summed E-state index contributed by atoms with van der Waals surface area (Å²) in [6, 6.07) is 20.0. The van der Waals surface area contributed by atoms with E-state index in [1.165, 1.54) is 5.56 Å². The first-order valence-corrected chi connectivity index (χ1v) is 14.3. The van der Waals surface area contributed by atoms with Crippen molar-refractivity contribution in [3.63, 3.8) is 0 Å². The highest BCUT2D eigenvalue weighted by Gasteiger charge is 2.31. The van der Waals surface area contributed by atoms with E-state index >= 15 is 0 Å². The summed E-state index contributed by atoms with van der Waals surface area (Å²) in [7, 11) is 3.27. The number of carbonyl (C=O) groups excluding carboxylic acids is 1. The Morgan fingerprint density at radius 2 is 1.76 bits per heavy atom. The van der Waals surface area contributed by atoms with Crippen molar-refractivity contribution in [3.8, 4) is 11.5 Å². The Bertz CT molecular complexity index is 1760. The zero-order valence-corrected chi connectivity index (χ0v) is 23.8. The standard InChI is InChI=1S/C33H36N4O4/c1-4-21-9-7-10-23-26(20-34-31(21)23)25(24-11-8-14-29(40-2)32(24)41-3)19-30(38)36-17-15-22(16-18-36)37-28-13-6-5-12-27(28)35-33(37)39/h5-14,20,22,25,34H,4,15-19H2,1-3H3,(H,35,39). The van der Waals surface area contributed by atoms with E-state index in [0.717, 1.165) is 52.3 Å². The minimum atomic E-state index is -0.234. The van der Waals surface area contributed by atoms with Gasteiger partial charge < -0.3 is 24.3 Å². The monoisotopic (exact) mass is 552 g/mol. The van der Waals surface area contributed by atoms with Gasteiger partial charge in [-0.1, -0.05) is 49.4 Å². The lowest BCUT2D eigenvalue weighted by Crippen LogP contribution is -2.41. The van der Waals surface area contributed by atoms with Crippen LogP contribution in [0.4, 0.5) is 0 Å². The smallest absolute Gasteiger partial charge is 0.326 e. The highest BCUT2D eigenvalue weighted by molar-refractivity contribution is 5.88. The number of amides is 1. The minimum absolute atomic E-state index is 0.0538. The first-order chi connectivity index (χ1) is 20.0. The Balaban J connectivity index is 1.30. The number of nitrogens with zero attached hydrogens (tertiary/aromatic N) is 2. The molecule has 6 rings (SSSR count). The number of aryl methyl sites for hydroxylation is 1. The van der Waals surface area contributed by atoms with Crippen molar-refractivity contribution in [1.29, 1.82) is 0 Å². The van der Waals surface area contributed by atoms with Crippen molar-refractivity contribution < 1.29 is 14.3 Å². The summed E-state index contributed by atoms with van der Waals surface area (Å²) in [5.41, 5.74) is 6.00. The number of aromatic amines is 2. The van der Waals surface area contributed by atoms with Crippen molar-refractivity contribution in [1.82, 2.24) is 19.4 Å². The molecule has 0 bridgehead atoms. The lowest BCUT2D eigenvalue weighted by molar-refractivity contribution is -0.132. The molecule has 41 heavy (non-hydrogen) atoms. The van der Waals surface area contributed by atoms with Crippen LogP contribution in [0, 0.1) is 0 Å². The third kappa shape index (κ3) is 4.77. The van der Waals surface area contributed by atoms with E-state index in [1.54, 1.807) is 14.2 Å². The topological polar surface area (TPSA) is 92.3 Å². The summed E-state index contributed by atoms with van der Waals surface area (Å²) >= 11 is 0. The quantitative estimate of drug-likeness (QED) is 0.255. The fourth-order valence-corrected chi connectivity index (χ4v) is 6.51. The Labute approximate surface area is 238 Å². The van der Waals surface area contributed by atoms with E-state index in [2.05, 4.69) is 35.1 Å². The number of rotatable bonds is 8. The van der Waals surface area contributed by atoms with E-state index in [0.29, 0.717) is 31.0 Å². The van der Waals surface area contributed by atoms with Gasteiger partial charge in [0.25, 0.3) is 0 Å². The maximum atomic E-state index is 13.9. The molecule has 0 radical (unpaired) electrons. The molecule has 1 fully saturated rings. The zero-order valence-electron chi connectivity index (χ0n) is 23.8. The normalized spacial score (nSPS) is 15.0. The van der Waals surface area contributed by atoms with Crippen LogP contribution in [-0.2, 0) is 11.2 Å². The molecular weight excluding hydrogens is 516 g/mol. The zero-order chi connectivity index (χ0) is 28.5. The molecule has 5 aromatic rings. The van der Waals surface area contributed by atoms with Crippen molar-refractivity contribution in [2.24, 2.45) is 0 Å². The third-order valence-corrected chi connectivity index (χ3v) is 8.58. The van der Waals surface area contributed by atoms with E-state index in [1.807, 2.05) is 58.1 Å². The second kappa shape index (κ2) is 11.2. The molecule has 1 aliphatic heterocycles. The van der Waals surface area contributed by atoms with Crippen LogP contribution in [0.25, 0.3) is 21.9 Å². The SMILES string of the molecule is CCc1cccc2c(C(CC(=O)N3CCC(n4c(=O)[nH]c5ccccc54)CC3)c3cccc(OC)c3OC)c[nH]c12. The van der Waals surface area contributed by atoms with Crippen molar-refractivity contribution in [2.75, 3.05) is 27.3 Å². The van der Waals surface area contributed by atoms with Gasteiger partial charge in [-0.05, 0) is 48.6 Å². The number of imidazole rings is 1. The van der Waals surface area contributed by atoms with Crippen LogP contribution in [0.1, 0.15) is 54.8 Å². The van der Waals surface area contributed by atoms with Crippen molar-refractivity contribution in [2.45, 2.75) is 44.6 Å². The number of piperidine rings is 1. The molecule has 8 nitrogen and oxygen atoms in total. The second-order valence-electron chi connectivity index (χ2n) is 10.7. The molecule has 2 aromatic heterocycles. The fourth-order valence-electron chi connectivity index (χ4n) is 6.51. The van der Waals surface area contributed by atoms with Crippen molar-refractivity contribution >= 4 is 27.8 Å². The minimum Gasteiger partial charge on any atom is -0.493 e. The summed E-state index contributed by atoms with van der Waals surface area (Å²) in [5, 5.41) is 1.12. The molecule has 3 heterocycles. The average Bonchev–Trinajstić information content (AvgIpc) is 3.59. The fraction of sp³-hybridized carbons (Fsp3) is 0.333. The average molecular weight is 553 g/mol. The summed E-state index contributed by atoms with van der Waals surface area (Å²) in [6.07, 6.45) is 4.71. The molecule has 0 saturated carbocycles. The van der Waals surface area contributed by atoms with Crippen LogP contribution < -0.4 is 15.2 Å². The van der Waals surface area contributed by atoms with Crippen LogP contribution >= 0.6 is 0 Å². The van der Waals surface area contributed by atoms with Crippen LogP contribution in [-0.4, -0.2) is 52.7 Å². The number of nitrogens with one attached hydrogen (secondary N) is 2. The number of fused-ring (bicyclic) bond motifs is 2. The molecule has 8 heteroatoms. The number of methoxy groups -OCH3 is 2. The van der Waals surface area contributed by atoms with Crippen LogP contribution in [0.15, 0.2) is 71.7 Å². The Kier molecular flexibility index (Phi) is 7.30. The summed E-state index contributed by atoms with van der Waals surface area (Å²) in [6.45, 7) is 3.35. The molecule has 1 unspecified atom stereocenters. The van der Waals surface area contributed by atoms with Crippen LogP contribution in [0.5, 0.6) is 11.5 Å². The number of aromatic nitrogens is 3. The molecule has 1 atom stereocenters. The molecule has 1 aliphatic rings. The first kappa shape index (κ1) is 26.7. The Hall–Kier alpha value is -4.46. The number of ether oxygens (including phenoxy) is 2. The molecular formula is C33H36N4O4. The van der Waals surface area contributed by atoms with E-state index in [4.69, 9.17) is 9.47 Å². The third-order valence-electron chi connectivity index (χ3n) is 8.58. The predicted molar refractivity (Wildman–Crippen MR) is 161 cm³/mol. The molecule has 3 aromatic carbocycles. The van der Waals surface area contributed by atoms with Gasteiger partial charge in [-0.2, -0.15) is 0 Å². The molecule has 2 N–H and O–H groups in total. The van der Waals surface area contributed by atoms with E-state index in [-0.39, 0.29) is 23.6 Å². The van der Waals surface area contributed by atoms with Gasteiger partial charge in [0.1, 0.15) is 0 Å². The maximum absolute atomic E-state index is 13.9. The predicted octanol–water partition coefficient (Wildman–Crippen LogP) is 5.78. The molecule has 212 valence electrons. The molecule has 1 amide bonds. The first-order valence-electron chi connectivity index (χ1n) is 14.3. The van der Waals surface area contributed by atoms with Gasteiger partial charge in [0, 0.05) is 54.1 Å². The number of para-hydroxylation sites is 4. The number of carbonyl (C=O) groups is 1. The van der Waals surface area contributed by atoms with Gasteiger partial charge in [0.2, 0.25) is 5.91 Å². The summed E-state index contributed by atoms with van der Waals surface area (Å²) < 4.78 is 13.3. The summed E-state index contributed by atoms with van der Waals surface area (Å²) in [4.78, 5) is 35.1. The lowest BCUT2D eigenvalue weighted by Gasteiger charge is -2.33. The lowest BCUT2D eigenvalue weighted by atomic mass is 9.86. The molecule has 0 spiro atoms. The number of hydrogen-bond acceptors (Lipinski definition) is 4. The van der Waals surface area contributed by atoms with E-state index in [9.17, 15) is 9.59 Å². The van der Waals surface area contributed by atoms with Crippen LogP contribution in [0.2, 0.25) is 0 Å². The number of H-pyrrole nitrogens is 2. The van der Waals surface area contributed by atoms with Gasteiger partial charge in [-0.25, -0.2) is 4.79 Å². The Morgan fingerprint density at radius 1 is 0.976 bits per heavy atom. The van der Waals surface area contributed by atoms with Gasteiger partial charge in [-0.15, -0.1) is 0 Å². The van der Waals surface area contributed by atoms with Gasteiger partial charge in [0.15, 0.2) is 11.5 Å². The Morgan fingerprint density at radius 3 is 2.51 bits per heavy atom. The number of hydrogen-bond donors (Lipinski definition) is 2. The van der Waals surface area contributed by atoms with Crippen LogP contribution in [0.3, 0.4) is 0 Å². The molecule has 0 aliphatic carbocycles. The maximum Gasteiger partial charge on any atom is 0.326 e. The number of benzene rings is 3. The van der Waals surface area contributed by atoms with Gasteiger partial charge >= 0.3 is 5.69 Å². The van der Waals surface area contributed by atoms with Crippen molar-refractivity contribution in [3.05, 3.63) is 94.0 Å².